The Balaban J connectivity index is 1.55. The molecule has 712 valence electrons. The number of hydrogen-bond acceptors (Lipinski definition) is 48. The number of carbonyl (C=O) groups excluding carboxylic acids is 18. The Bertz CT molecular complexity index is 3980. The highest BCUT2D eigenvalue weighted by atomic mass is 16.8. The van der Waals surface area contributed by atoms with Gasteiger partial charge >= 0.3 is 101 Å². The van der Waals surface area contributed by atoms with Crippen LogP contribution in [0.15, 0.2) is 12.3 Å². The average molecular weight is 1830 g/mol. The highest BCUT2D eigenvalue weighted by Crippen LogP contribution is 2.43. The van der Waals surface area contributed by atoms with Gasteiger partial charge in [0.1, 0.15) is 81.3 Å². The standard InChI is InChI=1S/C78H107NO48/c1-28-55(106-36(9)85)63(111-41(14)90)68(115-45(18)94)74(103-28)119-49-22-23-98-50(24-99-32(5)81)58(49)123-77-71(118-48(21)97)67(61(110-40(13)89)53(121-77)27-102-35(8)84)126-73-54(79-31(4)80)62(125-75-69(116-46(19)95)64(112-42(15)91)56(29(2)104-75)107-37(10)86)59(51(120-73)25-100-33(6)82)124-78-72(66(114-44(17)93)60(109-39(12)88)52(122-78)26-101-34(7)83)127-76-70(117-47(20)96)65(113-43(16)92)57(30(3)105-76)108-38(11)87/h22-23,28-30,49-78H,24-27H2,1-21H3,(H,79,80)/t28-,29-,30-,49+,50+,51+,52+,53+,54+,55+,56+,57+,58-,59+,60-,61-,62+,63+,64+,65+,66-,67-,68-,69-,70-,71+,72+,73-,74-,75-,76-,77-,78-/m0/s1. The predicted molar refractivity (Wildman–Crippen MR) is 399 cm³/mol. The van der Waals surface area contributed by atoms with Gasteiger partial charge in [-0.25, -0.2) is 0 Å². The molecule has 7 aliphatic rings. The molecule has 49 nitrogen and oxygen atoms in total. The normalized spacial score (nSPS) is 35.0. The Morgan fingerprint density at radius 2 is 0.465 bits per heavy atom. The molecule has 0 aromatic rings. The lowest BCUT2D eigenvalue weighted by Crippen LogP contribution is -2.72. The maximum Gasteiger partial charge on any atom is 0.303 e. The molecular weight excluding hydrogens is 1720 g/mol. The van der Waals surface area contributed by atoms with E-state index in [0.29, 0.717) is 0 Å². The fraction of sp³-hybridized carbons (Fsp3) is 0.744. The SMILES string of the molecule is CC(=O)N[C@H]1[C@H](O[C@H]2[C@@H](OC(C)=O)[C@@H](COC(C)=O)O[C@@H](O[C@H]3[C@H](O[C@@H]4O[C@@H](C)[C@@H](OC(C)=O)[C@@H](OC(C)=O)[C@@H]4OC(C)=O)C=CO[C@@H]3COC(C)=O)[C@@H]2OC(C)=O)O[C@H](COC(C)=O)[C@@H](O[C@@H]2O[C@H](COC(C)=O)[C@H](OC(C)=O)[C@H](OC(C)=O)[C@H]2O[C@@H]2O[C@@H](C)[C@@H](OC(C)=O)[C@@H](OC(C)=O)[C@@H]2OC(C)=O)[C@@H]1O[C@@H]1O[C@@H](C)[C@@H](OC(C)=O)[C@@H](OC(C)=O)[C@@H]1OC(C)=O. The number of nitrogens with one attached hydrogen (secondary N) is 1. The molecule has 0 radical (unpaired) electrons. The topological polar surface area (TPSA) is 596 Å². The summed E-state index contributed by atoms with van der Waals surface area (Å²) in [7, 11) is 0. The first-order chi connectivity index (χ1) is 59.5. The Labute approximate surface area is 725 Å². The third kappa shape index (κ3) is 29.8. The van der Waals surface area contributed by atoms with Gasteiger partial charge in [-0.05, 0) is 26.8 Å². The summed E-state index contributed by atoms with van der Waals surface area (Å²) in [5, 5.41) is 2.62. The van der Waals surface area contributed by atoms with E-state index in [1.807, 2.05) is 0 Å². The van der Waals surface area contributed by atoms with E-state index < -0.39 is 336 Å². The molecule has 33 atom stereocenters. The van der Waals surface area contributed by atoms with Crippen molar-refractivity contribution in [1.29, 1.82) is 0 Å². The van der Waals surface area contributed by atoms with E-state index in [0.717, 1.165) is 131 Å². The average Bonchev–Trinajstić information content (AvgIpc) is 0.750. The summed E-state index contributed by atoms with van der Waals surface area (Å²) < 4.78 is 183. The number of ether oxygens (including phenoxy) is 30. The maximum absolute atomic E-state index is 14.6. The lowest BCUT2D eigenvalue weighted by Gasteiger charge is -2.53. The van der Waals surface area contributed by atoms with Crippen molar-refractivity contribution in [2.24, 2.45) is 0 Å². The summed E-state index contributed by atoms with van der Waals surface area (Å²) >= 11 is 0. The lowest BCUT2D eigenvalue weighted by molar-refractivity contribution is -0.400. The minimum Gasteiger partial charge on any atom is -0.492 e. The molecule has 1 N–H and O–H groups in total. The fourth-order valence-corrected chi connectivity index (χ4v) is 14.7. The molecule has 0 bridgehead atoms. The highest BCUT2D eigenvalue weighted by Gasteiger charge is 2.64. The van der Waals surface area contributed by atoms with Crippen molar-refractivity contribution in [1.82, 2.24) is 5.32 Å². The van der Waals surface area contributed by atoms with Gasteiger partial charge in [0.25, 0.3) is 0 Å². The van der Waals surface area contributed by atoms with Crippen molar-refractivity contribution < 1.29 is 228 Å². The predicted octanol–water partition coefficient (Wildman–Crippen LogP) is -1.51. The van der Waals surface area contributed by atoms with Crippen LogP contribution in [0.1, 0.15) is 145 Å². The van der Waals surface area contributed by atoms with E-state index in [1.165, 1.54) is 26.8 Å². The summed E-state index contributed by atoms with van der Waals surface area (Å²) in [5.41, 5.74) is 0. The van der Waals surface area contributed by atoms with E-state index in [2.05, 4.69) is 5.32 Å². The second-order valence-corrected chi connectivity index (χ2v) is 29.8. The summed E-state index contributed by atoms with van der Waals surface area (Å²) in [6.07, 6.45) is -61.1. The molecule has 6 saturated heterocycles. The Kier molecular flexibility index (Phi) is 38.3. The van der Waals surface area contributed by atoms with Crippen LogP contribution in [0.25, 0.3) is 0 Å². The van der Waals surface area contributed by atoms with Crippen molar-refractivity contribution >= 4 is 107 Å². The van der Waals surface area contributed by atoms with Gasteiger partial charge < -0.3 is 147 Å². The second kappa shape index (κ2) is 47.0. The number of esters is 17. The zero-order valence-corrected chi connectivity index (χ0v) is 73.1. The summed E-state index contributed by atoms with van der Waals surface area (Å²) in [4.78, 5) is 239. The van der Waals surface area contributed by atoms with Crippen LogP contribution in [0.2, 0.25) is 0 Å². The van der Waals surface area contributed by atoms with Crippen LogP contribution in [-0.2, 0) is 228 Å². The van der Waals surface area contributed by atoms with Gasteiger partial charge in [0.05, 0.1) is 24.6 Å². The van der Waals surface area contributed by atoms with Gasteiger partial charge in [-0.15, -0.1) is 0 Å². The molecule has 0 aromatic carbocycles. The Morgan fingerprint density at radius 3 is 0.803 bits per heavy atom. The van der Waals surface area contributed by atoms with Crippen molar-refractivity contribution in [3.63, 3.8) is 0 Å². The van der Waals surface area contributed by atoms with Crippen molar-refractivity contribution in [3.8, 4) is 0 Å². The van der Waals surface area contributed by atoms with Gasteiger partial charge in [-0.3, -0.25) is 86.3 Å². The summed E-state index contributed by atoms with van der Waals surface area (Å²) in [6, 6.07) is -2.27. The van der Waals surface area contributed by atoms with Crippen molar-refractivity contribution in [3.05, 3.63) is 12.3 Å². The van der Waals surface area contributed by atoms with Gasteiger partial charge in [0, 0.05) is 125 Å². The van der Waals surface area contributed by atoms with E-state index in [1.54, 1.807) is 0 Å². The second-order valence-electron chi connectivity index (χ2n) is 29.8. The monoisotopic (exact) mass is 1830 g/mol. The minimum atomic E-state index is -2.47. The van der Waals surface area contributed by atoms with E-state index >= 15 is 0 Å². The van der Waals surface area contributed by atoms with E-state index in [4.69, 9.17) is 142 Å². The largest absolute Gasteiger partial charge is 0.492 e. The Morgan fingerprint density at radius 1 is 0.228 bits per heavy atom. The zero-order valence-electron chi connectivity index (χ0n) is 73.1. The van der Waals surface area contributed by atoms with Gasteiger partial charge in [-0.1, -0.05) is 0 Å². The molecule has 49 heteroatoms. The number of hydrogen-bond donors (Lipinski definition) is 1. The molecule has 1 amide bonds. The summed E-state index contributed by atoms with van der Waals surface area (Å²) in [5.74, 6) is -19.3. The maximum atomic E-state index is 14.6. The van der Waals surface area contributed by atoms with Crippen LogP contribution in [-0.4, -0.2) is 336 Å². The number of amides is 1. The first-order valence-corrected chi connectivity index (χ1v) is 39.7. The first kappa shape index (κ1) is 104. The van der Waals surface area contributed by atoms with Crippen molar-refractivity contribution in [2.75, 3.05) is 26.4 Å². The minimum absolute atomic E-state index is 0.752. The number of carbonyl (C=O) groups is 18. The Hall–Kier alpha value is -10.5. The quantitative estimate of drug-likeness (QED) is 0.0565. The van der Waals surface area contributed by atoms with Crippen LogP contribution >= 0.6 is 0 Å². The molecule has 7 aliphatic heterocycles. The molecule has 7 rings (SSSR count). The lowest BCUT2D eigenvalue weighted by atomic mass is 9.93. The van der Waals surface area contributed by atoms with E-state index in [9.17, 15) is 86.3 Å². The van der Waals surface area contributed by atoms with Crippen LogP contribution < -0.4 is 5.32 Å². The molecular formula is C78H107NO48. The van der Waals surface area contributed by atoms with Gasteiger partial charge in [0.2, 0.25) is 5.91 Å². The third-order valence-corrected chi connectivity index (χ3v) is 19.1. The number of rotatable bonds is 34. The molecule has 0 unspecified atom stereocenters. The molecule has 7 heterocycles. The van der Waals surface area contributed by atoms with Crippen LogP contribution in [0.3, 0.4) is 0 Å². The van der Waals surface area contributed by atoms with Crippen LogP contribution in [0.4, 0.5) is 0 Å². The molecule has 6 fully saturated rings. The van der Waals surface area contributed by atoms with Crippen LogP contribution in [0, 0.1) is 0 Å². The molecule has 0 aliphatic carbocycles. The first-order valence-electron chi connectivity index (χ1n) is 39.7. The van der Waals surface area contributed by atoms with Gasteiger partial charge in [0.15, 0.2) is 129 Å². The van der Waals surface area contributed by atoms with Crippen LogP contribution in [0.5, 0.6) is 0 Å². The third-order valence-electron chi connectivity index (χ3n) is 19.1. The van der Waals surface area contributed by atoms with Crippen molar-refractivity contribution in [2.45, 2.75) is 348 Å². The highest BCUT2D eigenvalue weighted by molar-refractivity contribution is 5.74. The smallest absolute Gasteiger partial charge is 0.303 e. The zero-order chi connectivity index (χ0) is 94.6. The van der Waals surface area contributed by atoms with E-state index in [-0.39, 0.29) is 0 Å². The molecule has 0 aromatic heterocycles. The fourth-order valence-electron chi connectivity index (χ4n) is 14.7. The van der Waals surface area contributed by atoms with Gasteiger partial charge in [-0.2, -0.15) is 0 Å². The summed E-state index contributed by atoms with van der Waals surface area (Å²) in [6.45, 7) is 16.9. The molecule has 127 heavy (non-hydrogen) atoms. The molecule has 0 saturated carbocycles. The molecule has 0 spiro atoms.